The van der Waals surface area contributed by atoms with E-state index in [1.54, 1.807) is 18.5 Å². The molecule has 106 valence electrons. The lowest BCUT2D eigenvalue weighted by molar-refractivity contribution is 0.299. The van der Waals surface area contributed by atoms with Crippen molar-refractivity contribution in [2.24, 2.45) is 0 Å². The first-order chi connectivity index (χ1) is 9.67. The van der Waals surface area contributed by atoms with E-state index >= 15 is 0 Å². The summed E-state index contributed by atoms with van der Waals surface area (Å²) < 4.78 is 19.3. The number of rotatable bonds is 6. The number of aromatic nitrogens is 2. The van der Waals surface area contributed by atoms with Gasteiger partial charge in [-0.1, -0.05) is 22.9 Å². The molecule has 1 aromatic carbocycles. The molecule has 6 heteroatoms. The van der Waals surface area contributed by atoms with Crippen LogP contribution in [0.25, 0.3) is 0 Å². The van der Waals surface area contributed by atoms with E-state index < -0.39 is 0 Å². The first kappa shape index (κ1) is 14.7. The van der Waals surface area contributed by atoms with Gasteiger partial charge >= 0.3 is 0 Å². The van der Waals surface area contributed by atoms with Gasteiger partial charge in [0.25, 0.3) is 0 Å². The van der Waals surface area contributed by atoms with Crippen LogP contribution < -0.4 is 10.1 Å². The number of hydrogen-bond acceptors (Lipinski definition) is 4. The van der Waals surface area contributed by atoms with Crippen molar-refractivity contribution in [3.05, 3.63) is 46.6 Å². The predicted octanol–water partition coefficient (Wildman–Crippen LogP) is 3.78. The molecule has 0 amide bonds. The van der Waals surface area contributed by atoms with Gasteiger partial charge < -0.3 is 10.1 Å². The SMILES string of the molecule is CCCNc1cnc(COc2cc(F)cc(Br)c2)cn1. The van der Waals surface area contributed by atoms with Crippen LogP contribution in [-0.4, -0.2) is 16.5 Å². The van der Waals surface area contributed by atoms with Crippen LogP contribution in [0.5, 0.6) is 5.75 Å². The lowest BCUT2D eigenvalue weighted by atomic mass is 10.3. The van der Waals surface area contributed by atoms with Crippen LogP contribution in [0.4, 0.5) is 10.2 Å². The smallest absolute Gasteiger partial charge is 0.144 e. The summed E-state index contributed by atoms with van der Waals surface area (Å²) in [7, 11) is 0. The Morgan fingerprint density at radius 2 is 2.10 bits per heavy atom. The van der Waals surface area contributed by atoms with Crippen molar-refractivity contribution in [1.82, 2.24) is 9.97 Å². The molecule has 1 N–H and O–H groups in total. The minimum atomic E-state index is -0.348. The van der Waals surface area contributed by atoms with Crippen molar-refractivity contribution >= 4 is 21.7 Å². The van der Waals surface area contributed by atoms with Crippen molar-refractivity contribution in [2.75, 3.05) is 11.9 Å². The summed E-state index contributed by atoms with van der Waals surface area (Å²) >= 11 is 3.22. The number of benzene rings is 1. The fourth-order valence-corrected chi connectivity index (χ4v) is 1.99. The quantitative estimate of drug-likeness (QED) is 0.869. The first-order valence-corrected chi connectivity index (χ1v) is 7.10. The molecule has 1 aromatic heterocycles. The number of hydrogen-bond donors (Lipinski definition) is 1. The highest BCUT2D eigenvalue weighted by atomic mass is 79.9. The largest absolute Gasteiger partial charge is 0.487 e. The Bertz CT molecular complexity index is 543. The van der Waals surface area contributed by atoms with E-state index in [9.17, 15) is 4.39 Å². The molecule has 0 aliphatic rings. The molecular weight excluding hydrogens is 325 g/mol. The van der Waals surface area contributed by atoms with E-state index in [2.05, 4.69) is 38.1 Å². The van der Waals surface area contributed by atoms with Gasteiger partial charge in [-0.25, -0.2) is 9.37 Å². The van der Waals surface area contributed by atoms with Gasteiger partial charge in [0.05, 0.1) is 18.1 Å². The fraction of sp³-hybridized carbons (Fsp3) is 0.286. The molecule has 0 spiro atoms. The monoisotopic (exact) mass is 339 g/mol. The molecule has 20 heavy (non-hydrogen) atoms. The van der Waals surface area contributed by atoms with Crippen LogP contribution in [0, 0.1) is 5.82 Å². The summed E-state index contributed by atoms with van der Waals surface area (Å²) in [5.74, 6) is 0.843. The van der Waals surface area contributed by atoms with Crippen LogP contribution in [0.15, 0.2) is 35.1 Å². The molecule has 1 heterocycles. The normalized spacial score (nSPS) is 10.3. The van der Waals surface area contributed by atoms with Crippen LogP contribution in [0.1, 0.15) is 19.0 Å². The second-order valence-corrected chi connectivity index (χ2v) is 5.13. The van der Waals surface area contributed by atoms with Crippen LogP contribution in [-0.2, 0) is 6.61 Å². The third kappa shape index (κ3) is 4.45. The molecular formula is C14H15BrFN3O. The molecule has 2 rings (SSSR count). The standard InChI is InChI=1S/C14H15BrFN3O/c1-2-3-17-14-8-18-12(7-19-14)9-20-13-5-10(15)4-11(16)6-13/h4-8H,2-3,9H2,1H3,(H,17,19). The summed E-state index contributed by atoms with van der Waals surface area (Å²) in [6, 6.07) is 4.41. The minimum Gasteiger partial charge on any atom is -0.487 e. The molecule has 0 saturated carbocycles. The van der Waals surface area contributed by atoms with Gasteiger partial charge in [0, 0.05) is 17.1 Å². The molecule has 0 bridgehead atoms. The van der Waals surface area contributed by atoms with E-state index in [1.807, 2.05) is 0 Å². The zero-order chi connectivity index (χ0) is 14.4. The molecule has 0 saturated heterocycles. The molecule has 2 aromatic rings. The highest BCUT2D eigenvalue weighted by Gasteiger charge is 2.02. The predicted molar refractivity (Wildman–Crippen MR) is 79.2 cm³/mol. The first-order valence-electron chi connectivity index (χ1n) is 6.31. The van der Waals surface area contributed by atoms with Gasteiger partial charge in [-0.3, -0.25) is 4.98 Å². The maximum Gasteiger partial charge on any atom is 0.144 e. The van der Waals surface area contributed by atoms with Gasteiger partial charge in [0.1, 0.15) is 24.0 Å². The maximum atomic E-state index is 13.2. The Balaban J connectivity index is 1.93. The number of ether oxygens (including phenoxy) is 1. The second-order valence-electron chi connectivity index (χ2n) is 4.21. The van der Waals surface area contributed by atoms with Crippen molar-refractivity contribution in [1.29, 1.82) is 0 Å². The highest BCUT2D eigenvalue weighted by molar-refractivity contribution is 9.10. The third-order valence-electron chi connectivity index (χ3n) is 2.48. The van der Waals surface area contributed by atoms with E-state index in [0.717, 1.165) is 18.8 Å². The molecule has 0 aliphatic heterocycles. The van der Waals surface area contributed by atoms with Gasteiger partial charge in [0.2, 0.25) is 0 Å². The van der Waals surface area contributed by atoms with E-state index in [0.29, 0.717) is 15.9 Å². The summed E-state index contributed by atoms with van der Waals surface area (Å²) in [6.45, 7) is 3.19. The Morgan fingerprint density at radius 3 is 2.75 bits per heavy atom. The Hall–Kier alpha value is -1.69. The van der Waals surface area contributed by atoms with Crippen molar-refractivity contribution < 1.29 is 9.13 Å². The van der Waals surface area contributed by atoms with E-state index in [4.69, 9.17) is 4.74 Å². The molecule has 0 unspecified atom stereocenters. The van der Waals surface area contributed by atoms with Crippen molar-refractivity contribution in [2.45, 2.75) is 20.0 Å². The molecule has 4 nitrogen and oxygen atoms in total. The summed E-state index contributed by atoms with van der Waals surface area (Å²) in [4.78, 5) is 8.46. The van der Waals surface area contributed by atoms with Crippen LogP contribution >= 0.6 is 15.9 Å². The summed E-state index contributed by atoms with van der Waals surface area (Å²) in [6.07, 6.45) is 4.34. The second kappa shape index (κ2) is 7.19. The molecule has 0 atom stereocenters. The van der Waals surface area contributed by atoms with Crippen LogP contribution in [0.2, 0.25) is 0 Å². The lowest BCUT2D eigenvalue weighted by Crippen LogP contribution is -2.04. The van der Waals surface area contributed by atoms with Crippen molar-refractivity contribution in [3.63, 3.8) is 0 Å². The zero-order valence-electron chi connectivity index (χ0n) is 11.1. The van der Waals surface area contributed by atoms with Crippen LogP contribution in [0.3, 0.4) is 0 Å². The summed E-state index contributed by atoms with van der Waals surface area (Å²) in [5, 5.41) is 3.14. The Labute approximate surface area is 125 Å². The maximum absolute atomic E-state index is 13.2. The zero-order valence-corrected chi connectivity index (χ0v) is 12.7. The van der Waals surface area contributed by atoms with Gasteiger partial charge in [-0.05, 0) is 18.6 Å². The van der Waals surface area contributed by atoms with Gasteiger partial charge in [-0.15, -0.1) is 0 Å². The van der Waals surface area contributed by atoms with Gasteiger partial charge in [-0.2, -0.15) is 0 Å². The average Bonchev–Trinajstić information content (AvgIpc) is 2.43. The minimum absolute atomic E-state index is 0.247. The molecule has 0 radical (unpaired) electrons. The van der Waals surface area contributed by atoms with E-state index in [1.165, 1.54) is 12.1 Å². The lowest BCUT2D eigenvalue weighted by Gasteiger charge is -2.07. The fourth-order valence-electron chi connectivity index (χ4n) is 1.54. The Morgan fingerprint density at radius 1 is 1.25 bits per heavy atom. The molecule has 0 fully saturated rings. The van der Waals surface area contributed by atoms with Crippen molar-refractivity contribution in [3.8, 4) is 5.75 Å². The number of anilines is 1. The number of halogens is 2. The molecule has 0 aliphatic carbocycles. The third-order valence-corrected chi connectivity index (χ3v) is 2.94. The summed E-state index contributed by atoms with van der Waals surface area (Å²) in [5.41, 5.74) is 0.687. The topological polar surface area (TPSA) is 47.0 Å². The van der Waals surface area contributed by atoms with Gasteiger partial charge in [0.15, 0.2) is 0 Å². The van der Waals surface area contributed by atoms with E-state index in [-0.39, 0.29) is 12.4 Å². The average molecular weight is 340 g/mol. The number of nitrogens with one attached hydrogen (secondary N) is 1. The highest BCUT2D eigenvalue weighted by Crippen LogP contribution is 2.21. The Kier molecular flexibility index (Phi) is 5.29. The number of nitrogens with zero attached hydrogens (tertiary/aromatic N) is 2.